The Hall–Kier alpha value is -0.0100. The fourth-order valence-electron chi connectivity index (χ4n) is 2.79. The number of hydrogen-bond donors (Lipinski definition) is 0. The van der Waals surface area contributed by atoms with Gasteiger partial charge in [-0.05, 0) is 18.9 Å². The summed E-state index contributed by atoms with van der Waals surface area (Å²) in [5.41, 5.74) is 0. The predicted octanol–water partition coefficient (Wildman–Crippen LogP) is 3.73. The molecule has 0 aromatic rings. The lowest BCUT2D eigenvalue weighted by Gasteiger charge is -2.21. The molecule has 0 heterocycles. The molecule has 0 aromatic heterocycles. The van der Waals surface area contributed by atoms with Crippen molar-refractivity contribution in [1.29, 1.82) is 0 Å². The number of nitrogens with zero attached hydrogens (tertiary/aromatic N) is 1. The maximum absolute atomic E-state index is 2.38. The van der Waals surface area contributed by atoms with Crippen LogP contribution in [-0.4, -0.2) is 32.2 Å². The second kappa shape index (κ2) is 18.3. The summed E-state index contributed by atoms with van der Waals surface area (Å²) in [6.45, 7) is 3.44. The Labute approximate surface area is 153 Å². The van der Waals surface area contributed by atoms with E-state index in [0.29, 0.717) is 0 Å². The van der Waals surface area contributed by atoms with Crippen LogP contribution in [0.1, 0.15) is 96.8 Å². The van der Waals surface area contributed by atoms with Crippen LogP contribution in [0.15, 0.2) is 12.2 Å². The van der Waals surface area contributed by atoms with E-state index in [4.69, 9.17) is 0 Å². The predicted molar refractivity (Wildman–Crippen MR) is 102 cm³/mol. The monoisotopic (exact) mass is 345 g/mol. The van der Waals surface area contributed by atoms with Crippen molar-refractivity contribution in [2.45, 2.75) is 96.8 Å². The van der Waals surface area contributed by atoms with Gasteiger partial charge in [-0.1, -0.05) is 90.0 Å². The molecule has 0 fully saturated rings. The molecular formula is C21H44ClN. The number of likely N-dealkylation sites (N-methyl/N-ethyl adjacent to an activating group) is 1. The number of unbranched alkanes of at least 4 members (excludes halogenated alkanes) is 13. The molecule has 0 aromatic carbocycles. The fourth-order valence-corrected chi connectivity index (χ4v) is 2.79. The molecule has 23 heavy (non-hydrogen) atoms. The van der Waals surface area contributed by atoms with Gasteiger partial charge in [0, 0.05) is 0 Å². The molecule has 0 spiro atoms. The SMILES string of the molecule is CCCCCCCCCCCCCCCC=CC[N+](C)(C)C.[Cl-]. The summed E-state index contributed by atoms with van der Waals surface area (Å²) in [4.78, 5) is 0. The minimum absolute atomic E-state index is 0. The third kappa shape index (κ3) is 24.4. The first-order valence-corrected chi connectivity index (χ1v) is 10.0. The zero-order valence-corrected chi connectivity index (χ0v) is 17.3. The van der Waals surface area contributed by atoms with Crippen LogP contribution in [0.25, 0.3) is 0 Å². The van der Waals surface area contributed by atoms with Crippen molar-refractivity contribution in [3.05, 3.63) is 12.2 Å². The third-order valence-electron chi connectivity index (χ3n) is 4.29. The summed E-state index contributed by atoms with van der Waals surface area (Å²) in [5.74, 6) is 0. The molecule has 0 saturated heterocycles. The van der Waals surface area contributed by atoms with Gasteiger partial charge >= 0.3 is 0 Å². The van der Waals surface area contributed by atoms with Crippen molar-refractivity contribution in [3.8, 4) is 0 Å². The van der Waals surface area contributed by atoms with Crippen LogP contribution in [0.2, 0.25) is 0 Å². The zero-order chi connectivity index (χ0) is 16.5. The van der Waals surface area contributed by atoms with E-state index in [2.05, 4.69) is 40.2 Å². The maximum atomic E-state index is 2.38. The first kappa shape index (κ1) is 25.2. The number of quaternary nitrogens is 1. The Morgan fingerprint density at radius 3 is 1.35 bits per heavy atom. The van der Waals surface area contributed by atoms with E-state index in [1.54, 1.807) is 0 Å². The average Bonchev–Trinajstić information content (AvgIpc) is 2.45. The normalized spacial score (nSPS) is 11.8. The van der Waals surface area contributed by atoms with Crippen LogP contribution in [0.3, 0.4) is 0 Å². The van der Waals surface area contributed by atoms with Gasteiger partial charge in [-0.3, -0.25) is 0 Å². The highest BCUT2D eigenvalue weighted by Gasteiger charge is 2.01. The van der Waals surface area contributed by atoms with Crippen LogP contribution in [0, 0.1) is 0 Å². The van der Waals surface area contributed by atoms with Gasteiger partial charge in [-0.2, -0.15) is 0 Å². The van der Waals surface area contributed by atoms with E-state index in [9.17, 15) is 0 Å². The van der Waals surface area contributed by atoms with E-state index >= 15 is 0 Å². The number of allylic oxidation sites excluding steroid dienone is 1. The van der Waals surface area contributed by atoms with Crippen molar-refractivity contribution in [3.63, 3.8) is 0 Å². The quantitative estimate of drug-likeness (QED) is 0.227. The highest BCUT2D eigenvalue weighted by atomic mass is 35.5. The van der Waals surface area contributed by atoms with Crippen molar-refractivity contribution in [1.82, 2.24) is 0 Å². The second-order valence-corrected chi connectivity index (χ2v) is 7.98. The molecule has 0 aliphatic heterocycles. The summed E-state index contributed by atoms with van der Waals surface area (Å²) < 4.78 is 1.04. The molecule has 0 aliphatic rings. The van der Waals surface area contributed by atoms with Gasteiger partial charge in [0.05, 0.1) is 27.7 Å². The summed E-state index contributed by atoms with van der Waals surface area (Å²) >= 11 is 0. The molecule has 0 saturated carbocycles. The lowest BCUT2D eigenvalue weighted by Crippen LogP contribution is -3.00. The van der Waals surface area contributed by atoms with Gasteiger partial charge in [0.1, 0.15) is 0 Å². The third-order valence-corrected chi connectivity index (χ3v) is 4.29. The summed E-state index contributed by atoms with van der Waals surface area (Å²) in [7, 11) is 6.74. The Kier molecular flexibility index (Phi) is 20.1. The Balaban J connectivity index is 0. The maximum Gasteiger partial charge on any atom is 0.0967 e. The van der Waals surface area contributed by atoms with E-state index in [1.807, 2.05) is 0 Å². The Morgan fingerprint density at radius 2 is 0.957 bits per heavy atom. The molecule has 0 atom stereocenters. The molecule has 0 rings (SSSR count). The molecule has 0 radical (unpaired) electrons. The highest BCUT2D eigenvalue weighted by molar-refractivity contribution is 4.81. The van der Waals surface area contributed by atoms with Gasteiger partial charge in [0.25, 0.3) is 0 Å². The first-order valence-electron chi connectivity index (χ1n) is 10.0. The summed E-state index contributed by atoms with van der Waals surface area (Å²) in [6.07, 6.45) is 24.8. The summed E-state index contributed by atoms with van der Waals surface area (Å²) in [6, 6.07) is 0. The van der Waals surface area contributed by atoms with Crippen molar-refractivity contribution < 1.29 is 16.9 Å². The lowest BCUT2D eigenvalue weighted by molar-refractivity contribution is -0.864. The molecule has 0 aliphatic carbocycles. The topological polar surface area (TPSA) is 0 Å². The van der Waals surface area contributed by atoms with Crippen LogP contribution < -0.4 is 12.4 Å². The number of rotatable bonds is 16. The molecule has 0 N–H and O–H groups in total. The zero-order valence-electron chi connectivity index (χ0n) is 16.6. The fraction of sp³-hybridized carbons (Fsp3) is 0.905. The van der Waals surface area contributed by atoms with Crippen LogP contribution in [-0.2, 0) is 0 Å². The van der Waals surface area contributed by atoms with E-state index in [1.165, 1.54) is 89.9 Å². The lowest BCUT2D eigenvalue weighted by atomic mass is 10.0. The van der Waals surface area contributed by atoms with Crippen molar-refractivity contribution >= 4 is 0 Å². The average molecular weight is 346 g/mol. The molecule has 1 nitrogen and oxygen atoms in total. The van der Waals surface area contributed by atoms with Crippen LogP contribution in [0.5, 0.6) is 0 Å². The first-order chi connectivity index (χ1) is 10.6. The molecule has 2 heteroatoms. The Bertz CT molecular complexity index is 243. The van der Waals surface area contributed by atoms with Crippen molar-refractivity contribution in [2.75, 3.05) is 27.7 Å². The molecule has 0 unspecified atom stereocenters. The van der Waals surface area contributed by atoms with Gasteiger partial charge in [-0.15, -0.1) is 0 Å². The molecule has 140 valence electrons. The molecule has 0 bridgehead atoms. The van der Waals surface area contributed by atoms with Gasteiger partial charge in [0.2, 0.25) is 0 Å². The minimum Gasteiger partial charge on any atom is -1.00 e. The Morgan fingerprint density at radius 1 is 0.565 bits per heavy atom. The van der Waals surface area contributed by atoms with Crippen LogP contribution >= 0.6 is 0 Å². The van der Waals surface area contributed by atoms with Crippen LogP contribution in [0.4, 0.5) is 0 Å². The van der Waals surface area contributed by atoms with Crippen molar-refractivity contribution in [2.24, 2.45) is 0 Å². The van der Waals surface area contributed by atoms with E-state index < -0.39 is 0 Å². The highest BCUT2D eigenvalue weighted by Crippen LogP contribution is 2.13. The standard InChI is InChI=1S/C21H44N.ClH/c1-5-6-7-8-9-10-11-12-13-14-15-16-17-18-19-20-21-22(2,3)4;/h19-20H,5-18,21H2,1-4H3;1H/q+1;/p-1. The smallest absolute Gasteiger partial charge is 0.0967 e. The number of hydrogen-bond acceptors (Lipinski definition) is 0. The number of halogens is 1. The molecule has 0 amide bonds. The van der Waals surface area contributed by atoms with E-state index in [0.717, 1.165) is 11.0 Å². The van der Waals surface area contributed by atoms with E-state index in [-0.39, 0.29) is 12.4 Å². The summed E-state index contributed by atoms with van der Waals surface area (Å²) in [5, 5.41) is 0. The van der Waals surface area contributed by atoms with Gasteiger partial charge in [-0.25, -0.2) is 0 Å². The molecular weight excluding hydrogens is 302 g/mol. The van der Waals surface area contributed by atoms with Gasteiger partial charge < -0.3 is 16.9 Å². The second-order valence-electron chi connectivity index (χ2n) is 7.98. The van der Waals surface area contributed by atoms with Gasteiger partial charge in [0.15, 0.2) is 0 Å². The minimum atomic E-state index is 0. The largest absolute Gasteiger partial charge is 1.00 e.